The van der Waals surface area contributed by atoms with Crippen molar-refractivity contribution in [2.75, 3.05) is 0 Å². The average Bonchev–Trinajstić information content (AvgIpc) is 2.98. The van der Waals surface area contributed by atoms with Crippen LogP contribution in [0.25, 0.3) is 56.4 Å². The average molecular weight is 496 g/mol. The Balaban J connectivity index is 1.50. The first-order valence-electron chi connectivity index (χ1n) is 12.1. The highest BCUT2D eigenvalue weighted by molar-refractivity contribution is 6.30. The van der Waals surface area contributed by atoms with Gasteiger partial charge in [0.2, 0.25) is 0 Å². The van der Waals surface area contributed by atoms with E-state index >= 15 is 0 Å². The zero-order valence-electron chi connectivity index (χ0n) is 19.9. The summed E-state index contributed by atoms with van der Waals surface area (Å²) in [7, 11) is 0. The van der Waals surface area contributed by atoms with Crippen molar-refractivity contribution in [3.05, 3.63) is 138 Å². The van der Waals surface area contributed by atoms with Gasteiger partial charge in [-0.2, -0.15) is 0 Å². The Hall–Kier alpha value is -4.60. The lowest BCUT2D eigenvalue weighted by molar-refractivity contribution is 1.07. The molecule has 5 aromatic carbocycles. The number of nitrogens with zero attached hydrogens (tertiary/aromatic N) is 3. The molecule has 0 aliphatic rings. The van der Waals surface area contributed by atoms with Crippen LogP contribution < -0.4 is 0 Å². The standard InChI is InChI=1S/C33H22ClN3/c34-28-21-19-27(20-22-28)32-35-31(26-17-15-24(16-18-26)23-9-3-1-4-10-23)36-33(37-32)30-14-8-7-13-29(30)25-11-5-2-6-12-25/h1-22H. The van der Waals surface area contributed by atoms with Crippen LogP contribution in [0.1, 0.15) is 0 Å². The lowest BCUT2D eigenvalue weighted by atomic mass is 9.99. The summed E-state index contributed by atoms with van der Waals surface area (Å²) in [6.07, 6.45) is 0. The van der Waals surface area contributed by atoms with Gasteiger partial charge in [-0.1, -0.05) is 121 Å². The zero-order valence-corrected chi connectivity index (χ0v) is 20.7. The minimum atomic E-state index is 0.603. The first-order chi connectivity index (χ1) is 18.2. The van der Waals surface area contributed by atoms with Crippen LogP contribution in [-0.2, 0) is 0 Å². The molecule has 0 fully saturated rings. The first kappa shape index (κ1) is 22.8. The summed E-state index contributed by atoms with van der Waals surface area (Å²) in [4.78, 5) is 14.7. The van der Waals surface area contributed by atoms with Crippen LogP contribution in [0.2, 0.25) is 5.02 Å². The highest BCUT2D eigenvalue weighted by atomic mass is 35.5. The molecule has 0 aliphatic heterocycles. The quantitative estimate of drug-likeness (QED) is 0.240. The van der Waals surface area contributed by atoms with Crippen LogP contribution in [-0.4, -0.2) is 15.0 Å². The van der Waals surface area contributed by atoms with Gasteiger partial charge in [0, 0.05) is 21.7 Å². The van der Waals surface area contributed by atoms with E-state index in [0.29, 0.717) is 22.5 Å². The van der Waals surface area contributed by atoms with Gasteiger partial charge in [-0.25, -0.2) is 15.0 Å². The summed E-state index contributed by atoms with van der Waals surface area (Å²) < 4.78 is 0. The van der Waals surface area contributed by atoms with Gasteiger partial charge in [0.25, 0.3) is 0 Å². The molecule has 6 rings (SSSR count). The predicted molar refractivity (Wildman–Crippen MR) is 152 cm³/mol. The van der Waals surface area contributed by atoms with E-state index in [2.05, 4.69) is 60.7 Å². The summed E-state index contributed by atoms with van der Waals surface area (Å²) in [5, 5.41) is 0.671. The van der Waals surface area contributed by atoms with Gasteiger partial charge in [0.1, 0.15) is 0 Å². The van der Waals surface area contributed by atoms with Crippen LogP contribution in [0.15, 0.2) is 133 Å². The van der Waals surface area contributed by atoms with Crippen molar-refractivity contribution in [2.45, 2.75) is 0 Å². The topological polar surface area (TPSA) is 38.7 Å². The molecule has 0 aliphatic carbocycles. The van der Waals surface area contributed by atoms with Gasteiger partial charge in [0.15, 0.2) is 17.5 Å². The maximum absolute atomic E-state index is 6.15. The fraction of sp³-hybridized carbons (Fsp3) is 0. The number of benzene rings is 5. The second-order valence-corrected chi connectivity index (χ2v) is 9.10. The molecule has 1 heterocycles. The fourth-order valence-electron chi connectivity index (χ4n) is 4.34. The molecule has 176 valence electrons. The minimum absolute atomic E-state index is 0.603. The largest absolute Gasteiger partial charge is 0.208 e. The molecule has 6 aromatic rings. The third-order valence-corrected chi connectivity index (χ3v) is 6.49. The van der Waals surface area contributed by atoms with Gasteiger partial charge in [-0.3, -0.25) is 0 Å². The van der Waals surface area contributed by atoms with Crippen LogP contribution >= 0.6 is 11.6 Å². The van der Waals surface area contributed by atoms with E-state index in [0.717, 1.165) is 33.4 Å². The fourth-order valence-corrected chi connectivity index (χ4v) is 4.47. The van der Waals surface area contributed by atoms with Crippen LogP contribution in [0.5, 0.6) is 0 Å². The predicted octanol–water partition coefficient (Wildman–Crippen LogP) is 8.86. The summed E-state index contributed by atoms with van der Waals surface area (Å²) in [6.45, 7) is 0. The number of hydrogen-bond donors (Lipinski definition) is 0. The Morgan fingerprint density at radius 2 is 0.730 bits per heavy atom. The first-order valence-corrected chi connectivity index (χ1v) is 12.5. The summed E-state index contributed by atoms with van der Waals surface area (Å²) in [6, 6.07) is 44.8. The maximum atomic E-state index is 6.15. The second-order valence-electron chi connectivity index (χ2n) is 8.67. The van der Waals surface area contributed by atoms with Gasteiger partial charge < -0.3 is 0 Å². The number of halogens is 1. The molecule has 0 atom stereocenters. The number of rotatable bonds is 5. The summed E-state index contributed by atoms with van der Waals surface area (Å²) >= 11 is 6.15. The number of aromatic nitrogens is 3. The third kappa shape index (κ3) is 4.90. The van der Waals surface area contributed by atoms with Crippen molar-refractivity contribution in [1.29, 1.82) is 0 Å². The summed E-state index contributed by atoms with van der Waals surface area (Å²) in [5.41, 5.74) is 7.26. The molecule has 0 unspecified atom stereocenters. The van der Waals surface area contributed by atoms with Crippen molar-refractivity contribution >= 4 is 11.6 Å². The Morgan fingerprint density at radius 1 is 0.324 bits per heavy atom. The van der Waals surface area contributed by atoms with Gasteiger partial charge >= 0.3 is 0 Å². The second kappa shape index (κ2) is 10.2. The van der Waals surface area contributed by atoms with Crippen LogP contribution in [0, 0.1) is 0 Å². The molecule has 0 N–H and O–H groups in total. The lowest BCUT2D eigenvalue weighted by Crippen LogP contribution is -2.01. The molecule has 0 saturated heterocycles. The Bertz CT molecular complexity index is 1650. The van der Waals surface area contributed by atoms with Gasteiger partial charge in [-0.05, 0) is 46.5 Å². The lowest BCUT2D eigenvalue weighted by Gasteiger charge is -2.12. The molecule has 0 amide bonds. The highest BCUT2D eigenvalue weighted by Gasteiger charge is 2.15. The SMILES string of the molecule is Clc1ccc(-c2nc(-c3ccc(-c4ccccc4)cc3)nc(-c3ccccc3-c3ccccc3)n2)cc1. The smallest absolute Gasteiger partial charge is 0.164 e. The van der Waals surface area contributed by atoms with Crippen molar-refractivity contribution < 1.29 is 0 Å². The molecule has 0 spiro atoms. The van der Waals surface area contributed by atoms with E-state index < -0.39 is 0 Å². The van der Waals surface area contributed by atoms with E-state index in [9.17, 15) is 0 Å². The van der Waals surface area contributed by atoms with E-state index in [1.54, 1.807) is 0 Å². The van der Waals surface area contributed by atoms with E-state index in [1.807, 2.05) is 72.8 Å². The zero-order chi connectivity index (χ0) is 25.0. The van der Waals surface area contributed by atoms with Gasteiger partial charge in [-0.15, -0.1) is 0 Å². The summed E-state index contributed by atoms with van der Waals surface area (Å²) in [5.74, 6) is 1.85. The van der Waals surface area contributed by atoms with Crippen molar-refractivity contribution in [3.63, 3.8) is 0 Å². The van der Waals surface area contributed by atoms with Crippen molar-refractivity contribution in [1.82, 2.24) is 15.0 Å². The minimum Gasteiger partial charge on any atom is -0.208 e. The van der Waals surface area contributed by atoms with Gasteiger partial charge in [0.05, 0.1) is 0 Å². The molecule has 37 heavy (non-hydrogen) atoms. The van der Waals surface area contributed by atoms with E-state index in [-0.39, 0.29) is 0 Å². The molecule has 4 heteroatoms. The van der Waals surface area contributed by atoms with Crippen LogP contribution in [0.3, 0.4) is 0 Å². The number of hydrogen-bond acceptors (Lipinski definition) is 3. The molecular weight excluding hydrogens is 474 g/mol. The maximum Gasteiger partial charge on any atom is 0.164 e. The Morgan fingerprint density at radius 3 is 1.32 bits per heavy atom. The van der Waals surface area contributed by atoms with E-state index in [1.165, 1.54) is 5.56 Å². The molecular formula is C33H22ClN3. The molecule has 3 nitrogen and oxygen atoms in total. The third-order valence-electron chi connectivity index (χ3n) is 6.24. The Labute approximate surface area is 221 Å². The molecule has 0 radical (unpaired) electrons. The Kier molecular flexibility index (Phi) is 6.28. The van der Waals surface area contributed by atoms with E-state index in [4.69, 9.17) is 26.6 Å². The molecule has 0 bridgehead atoms. The normalized spacial score (nSPS) is 10.8. The molecule has 1 aromatic heterocycles. The van der Waals surface area contributed by atoms with Crippen molar-refractivity contribution in [3.8, 4) is 56.4 Å². The van der Waals surface area contributed by atoms with Crippen molar-refractivity contribution in [2.24, 2.45) is 0 Å². The highest BCUT2D eigenvalue weighted by Crippen LogP contribution is 2.33. The molecule has 0 saturated carbocycles. The van der Waals surface area contributed by atoms with Crippen LogP contribution in [0.4, 0.5) is 0 Å². The monoisotopic (exact) mass is 495 g/mol.